The summed E-state index contributed by atoms with van der Waals surface area (Å²) in [5, 5.41) is 0. The van der Waals surface area contributed by atoms with Crippen LogP contribution in [0.3, 0.4) is 0 Å². The quantitative estimate of drug-likeness (QED) is 0.806. The average Bonchev–Trinajstić information content (AvgIpc) is 2.35. The number of hydrogen-bond acceptors (Lipinski definition) is 3. The molecule has 1 aromatic rings. The summed E-state index contributed by atoms with van der Waals surface area (Å²) in [4.78, 5) is 42.6. The molecule has 2 amide bonds. The topological polar surface area (TPSA) is 73.5 Å². The minimum atomic E-state index is -0.943. The Balaban J connectivity index is 2.38. The number of amides is 2. The summed E-state index contributed by atoms with van der Waals surface area (Å²) in [5.74, 6) is -0.529. The zero-order valence-electron chi connectivity index (χ0n) is 12.2. The van der Waals surface area contributed by atoms with Crippen molar-refractivity contribution in [3.8, 4) is 0 Å². The van der Waals surface area contributed by atoms with Crippen molar-refractivity contribution in [3.05, 3.63) is 33.7 Å². The zero-order valence-corrected chi connectivity index (χ0v) is 12.2. The molecular formula is C14H19N3O3. The fourth-order valence-electron chi connectivity index (χ4n) is 2.45. The number of aromatic amines is 1. The van der Waals surface area contributed by atoms with Crippen LogP contribution in [0.4, 0.5) is 0 Å². The molecule has 0 saturated carbocycles. The van der Waals surface area contributed by atoms with Gasteiger partial charge in [-0.1, -0.05) is 0 Å². The molecule has 2 rings (SSSR count). The molecule has 0 aromatic carbocycles. The Morgan fingerprint density at radius 2 is 1.95 bits per heavy atom. The van der Waals surface area contributed by atoms with Gasteiger partial charge in [-0.25, -0.2) is 0 Å². The van der Waals surface area contributed by atoms with Crippen LogP contribution in [0.1, 0.15) is 29.9 Å². The molecule has 0 bridgehead atoms. The van der Waals surface area contributed by atoms with Crippen LogP contribution in [0.5, 0.6) is 0 Å². The number of carbonyl (C=O) groups excluding carboxylic acids is 2. The van der Waals surface area contributed by atoms with E-state index < -0.39 is 11.4 Å². The lowest BCUT2D eigenvalue weighted by molar-refractivity contribution is -0.144. The van der Waals surface area contributed by atoms with Crippen molar-refractivity contribution < 1.29 is 9.59 Å². The van der Waals surface area contributed by atoms with Gasteiger partial charge in [0, 0.05) is 38.1 Å². The minimum Gasteiger partial charge on any atom is -0.364 e. The molecule has 1 aliphatic rings. The summed E-state index contributed by atoms with van der Waals surface area (Å²) in [6.07, 6.45) is 1.42. The summed E-state index contributed by atoms with van der Waals surface area (Å²) in [6.45, 7) is 6.04. The van der Waals surface area contributed by atoms with Gasteiger partial charge in [0.15, 0.2) is 5.43 Å². The predicted octanol–water partition coefficient (Wildman–Crippen LogP) is 0.376. The first kappa shape index (κ1) is 14.3. The number of aromatic nitrogens is 1. The summed E-state index contributed by atoms with van der Waals surface area (Å²) >= 11 is 0. The third-order valence-corrected chi connectivity index (χ3v) is 3.74. The molecule has 1 aromatic heterocycles. The third-order valence-electron chi connectivity index (χ3n) is 3.74. The van der Waals surface area contributed by atoms with E-state index in [1.165, 1.54) is 17.2 Å². The number of hydrogen-bond donors (Lipinski definition) is 1. The van der Waals surface area contributed by atoms with Gasteiger partial charge in [0.1, 0.15) is 11.1 Å². The molecule has 6 heteroatoms. The van der Waals surface area contributed by atoms with Crippen LogP contribution in [0.25, 0.3) is 0 Å². The first-order valence-corrected chi connectivity index (χ1v) is 6.52. The monoisotopic (exact) mass is 277 g/mol. The number of rotatable bonds is 1. The highest BCUT2D eigenvalue weighted by molar-refractivity contribution is 5.99. The van der Waals surface area contributed by atoms with Crippen LogP contribution in [0, 0.1) is 6.92 Å². The van der Waals surface area contributed by atoms with Crippen molar-refractivity contribution in [2.75, 3.05) is 20.1 Å². The lowest BCUT2D eigenvalue weighted by Crippen LogP contribution is -2.63. The van der Waals surface area contributed by atoms with Crippen LogP contribution in [-0.2, 0) is 4.79 Å². The van der Waals surface area contributed by atoms with Gasteiger partial charge in [-0.05, 0) is 20.8 Å². The third kappa shape index (κ3) is 2.21. The van der Waals surface area contributed by atoms with Crippen LogP contribution >= 0.6 is 0 Å². The van der Waals surface area contributed by atoms with Gasteiger partial charge < -0.3 is 14.8 Å². The molecule has 0 spiro atoms. The number of piperazine rings is 1. The lowest BCUT2D eigenvalue weighted by Gasteiger charge is -2.44. The Hall–Kier alpha value is -2.11. The second kappa shape index (κ2) is 4.77. The Morgan fingerprint density at radius 1 is 1.30 bits per heavy atom. The SMILES string of the molecule is Cc1cc(=O)c(C(=O)N2CCN(C)C(=O)C2(C)C)c[nH]1. The molecule has 0 radical (unpaired) electrons. The molecule has 6 nitrogen and oxygen atoms in total. The molecule has 0 aliphatic carbocycles. The van der Waals surface area contributed by atoms with Gasteiger partial charge in [0.25, 0.3) is 5.91 Å². The van der Waals surface area contributed by atoms with E-state index in [9.17, 15) is 14.4 Å². The molecule has 1 fully saturated rings. The van der Waals surface area contributed by atoms with Crippen LogP contribution in [0.2, 0.25) is 0 Å². The molecule has 20 heavy (non-hydrogen) atoms. The second-order valence-electron chi connectivity index (χ2n) is 5.64. The smallest absolute Gasteiger partial charge is 0.260 e. The maximum Gasteiger partial charge on any atom is 0.260 e. The Labute approximate surface area is 117 Å². The van der Waals surface area contributed by atoms with E-state index >= 15 is 0 Å². The maximum atomic E-state index is 12.5. The number of carbonyl (C=O) groups is 2. The molecule has 1 saturated heterocycles. The van der Waals surface area contributed by atoms with E-state index in [0.29, 0.717) is 18.8 Å². The summed E-state index contributed by atoms with van der Waals surface area (Å²) < 4.78 is 0. The first-order valence-electron chi connectivity index (χ1n) is 6.52. The number of nitrogens with zero attached hydrogens (tertiary/aromatic N) is 2. The van der Waals surface area contributed by atoms with Gasteiger partial charge >= 0.3 is 0 Å². The lowest BCUT2D eigenvalue weighted by atomic mass is 9.96. The van der Waals surface area contributed by atoms with Gasteiger partial charge in [-0.2, -0.15) is 0 Å². The van der Waals surface area contributed by atoms with Crippen molar-refractivity contribution in [1.82, 2.24) is 14.8 Å². The Morgan fingerprint density at radius 3 is 2.55 bits per heavy atom. The van der Waals surface area contributed by atoms with Gasteiger partial charge in [0.05, 0.1) is 0 Å². The standard InChI is InChI=1S/C14H19N3O3/c1-9-7-11(18)10(8-15-9)12(19)17-6-5-16(4)13(20)14(17,2)3/h7-8H,5-6H2,1-4H3,(H,15,18). The highest BCUT2D eigenvalue weighted by atomic mass is 16.2. The van der Waals surface area contributed by atoms with Crippen LogP contribution in [-0.4, -0.2) is 52.3 Å². The predicted molar refractivity (Wildman–Crippen MR) is 74.6 cm³/mol. The number of nitrogens with one attached hydrogen (secondary N) is 1. The van der Waals surface area contributed by atoms with Crippen LogP contribution < -0.4 is 5.43 Å². The van der Waals surface area contributed by atoms with E-state index in [1.807, 2.05) is 0 Å². The molecule has 1 aliphatic heterocycles. The van der Waals surface area contributed by atoms with Crippen molar-refractivity contribution in [2.24, 2.45) is 0 Å². The van der Waals surface area contributed by atoms with E-state index in [-0.39, 0.29) is 16.9 Å². The Bertz CT molecular complexity index is 618. The van der Waals surface area contributed by atoms with E-state index in [2.05, 4.69) is 4.98 Å². The highest BCUT2D eigenvalue weighted by Gasteiger charge is 2.43. The zero-order chi connectivity index (χ0) is 15.1. The number of aryl methyl sites for hydroxylation is 1. The fourth-order valence-corrected chi connectivity index (χ4v) is 2.45. The summed E-state index contributed by atoms with van der Waals surface area (Å²) in [6, 6.07) is 1.39. The molecular weight excluding hydrogens is 258 g/mol. The number of pyridine rings is 1. The van der Waals surface area contributed by atoms with Crippen molar-refractivity contribution in [2.45, 2.75) is 26.3 Å². The summed E-state index contributed by atoms with van der Waals surface area (Å²) in [5.41, 5.74) is -0.503. The average molecular weight is 277 g/mol. The normalized spacial score (nSPS) is 18.3. The van der Waals surface area contributed by atoms with Crippen molar-refractivity contribution >= 4 is 11.8 Å². The number of H-pyrrole nitrogens is 1. The van der Waals surface area contributed by atoms with E-state index in [1.54, 1.807) is 32.7 Å². The largest absolute Gasteiger partial charge is 0.364 e. The first-order chi connectivity index (χ1) is 9.25. The van der Waals surface area contributed by atoms with Crippen LogP contribution in [0.15, 0.2) is 17.1 Å². The molecule has 1 N–H and O–H groups in total. The molecule has 0 unspecified atom stereocenters. The number of likely N-dealkylation sites (N-methyl/N-ethyl adjacent to an activating group) is 1. The summed E-state index contributed by atoms with van der Waals surface area (Å²) in [7, 11) is 1.71. The van der Waals surface area contributed by atoms with E-state index in [4.69, 9.17) is 0 Å². The van der Waals surface area contributed by atoms with E-state index in [0.717, 1.165) is 0 Å². The van der Waals surface area contributed by atoms with Gasteiger partial charge in [-0.3, -0.25) is 14.4 Å². The fraction of sp³-hybridized carbons (Fsp3) is 0.500. The molecule has 2 heterocycles. The second-order valence-corrected chi connectivity index (χ2v) is 5.64. The highest BCUT2D eigenvalue weighted by Crippen LogP contribution is 2.23. The van der Waals surface area contributed by atoms with Gasteiger partial charge in [-0.15, -0.1) is 0 Å². The molecule has 0 atom stereocenters. The van der Waals surface area contributed by atoms with Gasteiger partial charge in [0.2, 0.25) is 5.91 Å². The van der Waals surface area contributed by atoms with Crippen molar-refractivity contribution in [3.63, 3.8) is 0 Å². The molecule has 108 valence electrons. The minimum absolute atomic E-state index is 0.0704. The Kier molecular flexibility index (Phi) is 3.41. The van der Waals surface area contributed by atoms with Crippen molar-refractivity contribution in [1.29, 1.82) is 0 Å². The maximum absolute atomic E-state index is 12.5.